The van der Waals surface area contributed by atoms with E-state index in [4.69, 9.17) is 4.74 Å². The minimum atomic E-state index is -0.592. The fourth-order valence-electron chi connectivity index (χ4n) is 2.85. The number of aromatic nitrogens is 2. The van der Waals surface area contributed by atoms with Crippen molar-refractivity contribution >= 4 is 27.3 Å². The summed E-state index contributed by atoms with van der Waals surface area (Å²) in [5.41, 5.74) is 5.32. The molecule has 1 N–H and O–H groups in total. The Kier molecular flexibility index (Phi) is 4.87. The van der Waals surface area contributed by atoms with Crippen molar-refractivity contribution in [1.82, 2.24) is 15.2 Å². The van der Waals surface area contributed by atoms with Gasteiger partial charge in [0.15, 0.2) is 0 Å². The van der Waals surface area contributed by atoms with E-state index in [0.717, 1.165) is 23.5 Å². The number of nitrogens with zero attached hydrogens (tertiary/aromatic N) is 3. The number of hydrazine groups is 1. The molecule has 4 rings (SSSR count). The molecular weight excluding hydrogens is 430 g/mol. The van der Waals surface area contributed by atoms with Crippen LogP contribution in [0.5, 0.6) is 0 Å². The van der Waals surface area contributed by atoms with Crippen LogP contribution in [0.25, 0.3) is 11.4 Å². The molecule has 1 aliphatic rings. The lowest BCUT2D eigenvalue weighted by Gasteiger charge is -2.29. The smallest absolute Gasteiger partial charge is 0.150 e. The van der Waals surface area contributed by atoms with Gasteiger partial charge in [-0.15, -0.1) is 0 Å². The fraction of sp³-hybridized carbons (Fsp3) is 0.0500. The van der Waals surface area contributed by atoms with Crippen LogP contribution in [0.15, 0.2) is 77.2 Å². The van der Waals surface area contributed by atoms with Gasteiger partial charge in [0.2, 0.25) is 0 Å². The third-order valence-electron chi connectivity index (χ3n) is 4.19. The van der Waals surface area contributed by atoms with Crippen LogP contribution in [0.2, 0.25) is 0 Å². The molecule has 0 unspecified atom stereocenters. The van der Waals surface area contributed by atoms with E-state index in [0.29, 0.717) is 11.5 Å². The lowest BCUT2D eigenvalue weighted by atomic mass is 10.2. The van der Waals surface area contributed by atoms with Crippen LogP contribution in [0.1, 0.15) is 5.69 Å². The highest BCUT2D eigenvalue weighted by atomic mass is 79.9. The van der Waals surface area contributed by atoms with E-state index in [-0.39, 0.29) is 10.2 Å². The second-order valence-electron chi connectivity index (χ2n) is 5.96. The van der Waals surface area contributed by atoms with Gasteiger partial charge in [0.25, 0.3) is 0 Å². The molecule has 0 bridgehead atoms. The van der Waals surface area contributed by atoms with Crippen LogP contribution < -0.4 is 10.4 Å². The Morgan fingerprint density at radius 1 is 1.07 bits per heavy atom. The molecule has 1 aliphatic heterocycles. The predicted octanol–water partition coefficient (Wildman–Crippen LogP) is 4.77. The van der Waals surface area contributed by atoms with Gasteiger partial charge >= 0.3 is 0 Å². The summed E-state index contributed by atoms with van der Waals surface area (Å²) in [7, 11) is 1.51. The van der Waals surface area contributed by atoms with Crippen LogP contribution >= 0.6 is 15.9 Å². The van der Waals surface area contributed by atoms with E-state index < -0.39 is 11.6 Å². The Balaban J connectivity index is 1.75. The van der Waals surface area contributed by atoms with Crippen molar-refractivity contribution < 1.29 is 13.5 Å². The standard InChI is InChI=1S/C20H15BrF2N4O/c1-28-14-9-18(19-7-8-24-27(19)13-5-3-2-4-6-13)25-26(12-14)20-11-16(22)15(21)10-17(20)23/h2-12,25H,1H3. The molecule has 28 heavy (non-hydrogen) atoms. The van der Waals surface area contributed by atoms with E-state index in [1.54, 1.807) is 23.2 Å². The molecule has 142 valence electrons. The zero-order chi connectivity index (χ0) is 19.7. The molecule has 8 heteroatoms. The maximum absolute atomic E-state index is 14.5. The average Bonchev–Trinajstić information content (AvgIpc) is 3.21. The van der Waals surface area contributed by atoms with Crippen molar-refractivity contribution in [3.05, 3.63) is 94.6 Å². The zero-order valence-electron chi connectivity index (χ0n) is 14.7. The fourth-order valence-corrected chi connectivity index (χ4v) is 3.17. The van der Waals surface area contributed by atoms with Crippen molar-refractivity contribution in [3.63, 3.8) is 0 Å². The van der Waals surface area contributed by atoms with Crippen LogP contribution in [0, 0.1) is 11.6 Å². The SMILES string of the molecule is COC1=CN(c2cc(F)c(Br)cc2F)NC(c2ccnn2-c2ccccc2)=C1. The lowest BCUT2D eigenvalue weighted by Crippen LogP contribution is -2.36. The summed E-state index contributed by atoms with van der Waals surface area (Å²) in [5.74, 6) is -0.696. The van der Waals surface area contributed by atoms with Gasteiger partial charge in [0.05, 0.1) is 41.1 Å². The first-order valence-electron chi connectivity index (χ1n) is 8.34. The minimum absolute atomic E-state index is 0.0200. The Bertz CT molecular complexity index is 1080. The second-order valence-corrected chi connectivity index (χ2v) is 6.81. The first-order chi connectivity index (χ1) is 13.6. The molecule has 0 spiro atoms. The van der Waals surface area contributed by atoms with Gasteiger partial charge in [-0.25, -0.2) is 13.5 Å². The molecule has 0 saturated heterocycles. The number of anilines is 1. The molecule has 0 amide bonds. The molecule has 0 fully saturated rings. The van der Waals surface area contributed by atoms with Crippen LogP contribution in [-0.2, 0) is 4.74 Å². The number of allylic oxidation sites excluding steroid dienone is 1. The molecular formula is C20H15BrF2N4O. The van der Waals surface area contributed by atoms with E-state index in [2.05, 4.69) is 26.5 Å². The van der Waals surface area contributed by atoms with Crippen LogP contribution in [0.3, 0.4) is 0 Å². The molecule has 0 saturated carbocycles. The van der Waals surface area contributed by atoms with Crippen LogP contribution in [0.4, 0.5) is 14.5 Å². The molecule has 0 radical (unpaired) electrons. The van der Waals surface area contributed by atoms with Crippen molar-refractivity contribution in [2.24, 2.45) is 0 Å². The topological polar surface area (TPSA) is 42.3 Å². The number of para-hydroxylation sites is 1. The third kappa shape index (κ3) is 3.38. The number of hydrogen-bond donors (Lipinski definition) is 1. The molecule has 3 aromatic rings. The molecule has 2 aromatic carbocycles. The summed E-state index contributed by atoms with van der Waals surface area (Å²) < 4.78 is 35.6. The number of nitrogens with one attached hydrogen (secondary N) is 1. The zero-order valence-corrected chi connectivity index (χ0v) is 16.3. The molecule has 0 aliphatic carbocycles. The minimum Gasteiger partial charge on any atom is -0.495 e. The Morgan fingerprint density at radius 3 is 2.61 bits per heavy atom. The highest BCUT2D eigenvalue weighted by molar-refractivity contribution is 9.10. The quantitative estimate of drug-likeness (QED) is 0.588. The second kappa shape index (κ2) is 7.47. The summed E-state index contributed by atoms with van der Waals surface area (Å²) in [5, 5.41) is 5.75. The van der Waals surface area contributed by atoms with Crippen molar-refractivity contribution in [2.75, 3.05) is 12.1 Å². The highest BCUT2D eigenvalue weighted by Gasteiger charge is 2.21. The normalized spacial score (nSPS) is 13.6. The van der Waals surface area contributed by atoms with E-state index >= 15 is 0 Å². The van der Waals surface area contributed by atoms with Gasteiger partial charge in [-0.2, -0.15) is 5.10 Å². The van der Waals surface area contributed by atoms with Gasteiger partial charge in [-0.05, 0) is 40.2 Å². The summed E-state index contributed by atoms with van der Waals surface area (Å²) in [6.45, 7) is 0. The number of rotatable bonds is 4. The molecule has 0 atom stereocenters. The molecule has 2 heterocycles. The largest absolute Gasteiger partial charge is 0.495 e. The Hall–Kier alpha value is -3.13. The summed E-state index contributed by atoms with van der Waals surface area (Å²) in [4.78, 5) is 0. The number of halogens is 3. The van der Waals surface area contributed by atoms with Gasteiger partial charge < -0.3 is 4.74 Å². The maximum atomic E-state index is 14.5. The molecule has 5 nitrogen and oxygen atoms in total. The highest BCUT2D eigenvalue weighted by Crippen LogP contribution is 2.29. The van der Waals surface area contributed by atoms with Gasteiger partial charge in [-0.3, -0.25) is 10.4 Å². The predicted molar refractivity (Wildman–Crippen MR) is 106 cm³/mol. The monoisotopic (exact) mass is 444 g/mol. The van der Waals surface area contributed by atoms with Crippen molar-refractivity contribution in [3.8, 4) is 5.69 Å². The van der Waals surface area contributed by atoms with Crippen molar-refractivity contribution in [1.29, 1.82) is 0 Å². The first kappa shape index (κ1) is 18.2. The Morgan fingerprint density at radius 2 is 1.86 bits per heavy atom. The number of hydrogen-bond acceptors (Lipinski definition) is 4. The summed E-state index contributed by atoms with van der Waals surface area (Å²) in [6.07, 6.45) is 4.97. The van der Waals surface area contributed by atoms with E-state index in [9.17, 15) is 8.78 Å². The Labute approximate surface area is 168 Å². The van der Waals surface area contributed by atoms with E-state index in [1.807, 2.05) is 36.4 Å². The number of methoxy groups -OCH3 is 1. The molecule has 1 aromatic heterocycles. The van der Waals surface area contributed by atoms with E-state index in [1.165, 1.54) is 12.1 Å². The maximum Gasteiger partial charge on any atom is 0.150 e. The summed E-state index contributed by atoms with van der Waals surface area (Å²) in [6, 6.07) is 13.6. The third-order valence-corrected chi connectivity index (χ3v) is 4.80. The first-order valence-corrected chi connectivity index (χ1v) is 9.14. The number of ether oxygens (including phenoxy) is 1. The van der Waals surface area contributed by atoms with Gasteiger partial charge in [-0.1, -0.05) is 18.2 Å². The van der Waals surface area contributed by atoms with Gasteiger partial charge in [0.1, 0.15) is 23.1 Å². The number of benzene rings is 2. The lowest BCUT2D eigenvalue weighted by molar-refractivity contribution is 0.303. The van der Waals surface area contributed by atoms with Crippen LogP contribution in [-0.4, -0.2) is 16.9 Å². The van der Waals surface area contributed by atoms with Gasteiger partial charge in [0, 0.05) is 12.1 Å². The average molecular weight is 445 g/mol. The van der Waals surface area contributed by atoms with Crippen molar-refractivity contribution in [2.45, 2.75) is 0 Å². The summed E-state index contributed by atoms with van der Waals surface area (Å²) >= 11 is 2.99.